The van der Waals surface area contributed by atoms with Crippen molar-refractivity contribution < 1.29 is 13.9 Å². The molecule has 0 amide bonds. The predicted octanol–water partition coefficient (Wildman–Crippen LogP) is 3.84. The molecule has 0 aliphatic heterocycles. The summed E-state index contributed by atoms with van der Waals surface area (Å²) in [5.41, 5.74) is -0.508. The van der Waals surface area contributed by atoms with E-state index in [0.29, 0.717) is 5.56 Å². The molecular weight excluding hydrogens is 234 g/mol. The highest BCUT2D eigenvalue weighted by molar-refractivity contribution is 5.20. The zero-order valence-electron chi connectivity index (χ0n) is 10.8. The van der Waals surface area contributed by atoms with Crippen LogP contribution in [-0.2, 0) is 6.42 Å². The van der Waals surface area contributed by atoms with Crippen molar-refractivity contribution in [3.8, 4) is 0 Å². The van der Waals surface area contributed by atoms with E-state index < -0.39 is 17.2 Å². The Labute approximate surface area is 107 Å². The van der Waals surface area contributed by atoms with Crippen LogP contribution < -0.4 is 0 Å². The molecule has 1 aromatic rings. The minimum absolute atomic E-state index is 0.218. The van der Waals surface area contributed by atoms with Crippen LogP contribution in [-0.4, -0.2) is 10.7 Å². The summed E-state index contributed by atoms with van der Waals surface area (Å²) < 4.78 is 26.4. The molecule has 100 valence electrons. The van der Waals surface area contributed by atoms with Gasteiger partial charge in [0.2, 0.25) is 0 Å². The monoisotopic (exact) mass is 254 g/mol. The van der Waals surface area contributed by atoms with Gasteiger partial charge in [0, 0.05) is 12.5 Å². The molecule has 1 aromatic carbocycles. The van der Waals surface area contributed by atoms with Crippen LogP contribution in [0.1, 0.15) is 44.6 Å². The van der Waals surface area contributed by atoms with E-state index in [4.69, 9.17) is 0 Å². The SMILES string of the molecule is CC(O)(Cc1ccc(F)cc1F)C1CCCCC1. The Morgan fingerprint density at radius 2 is 1.89 bits per heavy atom. The van der Waals surface area contributed by atoms with Crippen molar-refractivity contribution in [2.75, 3.05) is 0 Å². The number of halogens is 2. The van der Waals surface area contributed by atoms with Gasteiger partial charge >= 0.3 is 0 Å². The van der Waals surface area contributed by atoms with Gasteiger partial charge in [-0.3, -0.25) is 0 Å². The van der Waals surface area contributed by atoms with Crippen LogP contribution in [0.2, 0.25) is 0 Å². The van der Waals surface area contributed by atoms with E-state index in [1.807, 2.05) is 0 Å². The first kappa shape index (κ1) is 13.5. The number of aliphatic hydroxyl groups is 1. The maximum Gasteiger partial charge on any atom is 0.129 e. The summed E-state index contributed by atoms with van der Waals surface area (Å²) in [7, 11) is 0. The Bertz CT molecular complexity index is 409. The van der Waals surface area contributed by atoms with E-state index in [-0.39, 0.29) is 12.3 Å². The second-order valence-electron chi connectivity index (χ2n) is 5.60. The van der Waals surface area contributed by atoms with Crippen molar-refractivity contribution in [1.82, 2.24) is 0 Å². The molecule has 1 aliphatic rings. The number of hydrogen-bond acceptors (Lipinski definition) is 1. The van der Waals surface area contributed by atoms with E-state index in [0.717, 1.165) is 31.7 Å². The molecule has 0 bridgehead atoms. The molecule has 1 fully saturated rings. The minimum Gasteiger partial charge on any atom is -0.390 e. The highest BCUT2D eigenvalue weighted by Crippen LogP contribution is 2.35. The van der Waals surface area contributed by atoms with E-state index in [2.05, 4.69) is 0 Å². The first-order chi connectivity index (χ1) is 8.49. The van der Waals surface area contributed by atoms with Gasteiger partial charge in [0.05, 0.1) is 5.60 Å². The van der Waals surface area contributed by atoms with Crippen LogP contribution in [0.3, 0.4) is 0 Å². The predicted molar refractivity (Wildman–Crippen MR) is 67.3 cm³/mol. The number of rotatable bonds is 3. The third-order valence-electron chi connectivity index (χ3n) is 4.05. The van der Waals surface area contributed by atoms with Crippen LogP contribution >= 0.6 is 0 Å². The zero-order valence-corrected chi connectivity index (χ0v) is 10.8. The van der Waals surface area contributed by atoms with Gasteiger partial charge < -0.3 is 5.11 Å². The fraction of sp³-hybridized carbons (Fsp3) is 0.600. The van der Waals surface area contributed by atoms with Crippen molar-refractivity contribution >= 4 is 0 Å². The van der Waals surface area contributed by atoms with Crippen molar-refractivity contribution in [2.24, 2.45) is 5.92 Å². The molecule has 1 aliphatic carbocycles. The van der Waals surface area contributed by atoms with E-state index >= 15 is 0 Å². The summed E-state index contributed by atoms with van der Waals surface area (Å²) in [6.07, 6.45) is 5.73. The fourth-order valence-electron chi connectivity index (χ4n) is 2.92. The van der Waals surface area contributed by atoms with E-state index in [9.17, 15) is 13.9 Å². The quantitative estimate of drug-likeness (QED) is 0.869. The molecule has 18 heavy (non-hydrogen) atoms. The van der Waals surface area contributed by atoms with Gasteiger partial charge in [-0.1, -0.05) is 25.3 Å². The van der Waals surface area contributed by atoms with Crippen LogP contribution in [0.25, 0.3) is 0 Å². The highest BCUT2D eigenvalue weighted by Gasteiger charge is 2.33. The Hall–Kier alpha value is -0.960. The summed E-state index contributed by atoms with van der Waals surface area (Å²) in [6, 6.07) is 3.56. The maximum atomic E-state index is 13.6. The topological polar surface area (TPSA) is 20.2 Å². The third kappa shape index (κ3) is 3.08. The lowest BCUT2D eigenvalue weighted by molar-refractivity contribution is -0.0165. The lowest BCUT2D eigenvalue weighted by Crippen LogP contribution is -2.38. The molecule has 2 rings (SSSR count). The molecule has 1 unspecified atom stereocenters. The maximum absolute atomic E-state index is 13.6. The number of benzene rings is 1. The molecule has 1 nitrogen and oxygen atoms in total. The summed E-state index contributed by atoms with van der Waals surface area (Å²) in [5.74, 6) is -0.921. The summed E-state index contributed by atoms with van der Waals surface area (Å²) in [6.45, 7) is 1.77. The largest absolute Gasteiger partial charge is 0.390 e. The normalized spacial score (nSPS) is 20.7. The smallest absolute Gasteiger partial charge is 0.129 e. The molecule has 1 saturated carbocycles. The van der Waals surface area contributed by atoms with Crippen LogP contribution in [0.15, 0.2) is 18.2 Å². The first-order valence-electron chi connectivity index (χ1n) is 6.65. The molecule has 1 atom stereocenters. The molecule has 0 heterocycles. The Balaban J connectivity index is 2.10. The molecular formula is C15H20F2O. The average Bonchev–Trinajstić information content (AvgIpc) is 2.34. The van der Waals surface area contributed by atoms with Crippen LogP contribution in [0, 0.1) is 17.6 Å². The van der Waals surface area contributed by atoms with Crippen molar-refractivity contribution in [3.05, 3.63) is 35.4 Å². The van der Waals surface area contributed by atoms with E-state index in [1.165, 1.54) is 18.6 Å². The van der Waals surface area contributed by atoms with Crippen LogP contribution in [0.4, 0.5) is 8.78 Å². The van der Waals surface area contributed by atoms with Gasteiger partial charge in [-0.15, -0.1) is 0 Å². The summed E-state index contributed by atoms with van der Waals surface area (Å²) >= 11 is 0. The lowest BCUT2D eigenvalue weighted by Gasteiger charge is -2.35. The van der Waals surface area contributed by atoms with Gasteiger partial charge in [-0.25, -0.2) is 8.78 Å². The van der Waals surface area contributed by atoms with E-state index in [1.54, 1.807) is 6.92 Å². The molecule has 0 saturated heterocycles. The standard InChI is InChI=1S/C15H20F2O/c1-15(18,12-5-3-2-4-6-12)10-11-7-8-13(16)9-14(11)17/h7-9,12,18H,2-6,10H2,1H3. The molecule has 0 radical (unpaired) electrons. The molecule has 1 N–H and O–H groups in total. The van der Waals surface area contributed by atoms with Gasteiger partial charge in [0.15, 0.2) is 0 Å². The Morgan fingerprint density at radius 1 is 1.22 bits per heavy atom. The van der Waals surface area contributed by atoms with Crippen molar-refractivity contribution in [3.63, 3.8) is 0 Å². The molecule has 0 spiro atoms. The molecule has 0 aromatic heterocycles. The number of hydrogen-bond donors (Lipinski definition) is 1. The first-order valence-corrected chi connectivity index (χ1v) is 6.65. The van der Waals surface area contributed by atoms with Crippen molar-refractivity contribution in [2.45, 2.75) is 51.0 Å². The average molecular weight is 254 g/mol. The minimum atomic E-state index is -0.904. The summed E-state index contributed by atoms with van der Waals surface area (Å²) in [5, 5.41) is 10.5. The molecule has 3 heteroatoms. The van der Waals surface area contributed by atoms with Crippen LogP contribution in [0.5, 0.6) is 0 Å². The Kier molecular flexibility index (Phi) is 4.00. The Morgan fingerprint density at radius 3 is 2.50 bits per heavy atom. The second kappa shape index (κ2) is 5.35. The zero-order chi connectivity index (χ0) is 13.2. The third-order valence-corrected chi connectivity index (χ3v) is 4.05. The second-order valence-corrected chi connectivity index (χ2v) is 5.60. The van der Waals surface area contributed by atoms with Gasteiger partial charge in [0.25, 0.3) is 0 Å². The lowest BCUT2D eigenvalue weighted by atomic mass is 9.75. The summed E-state index contributed by atoms with van der Waals surface area (Å²) in [4.78, 5) is 0. The highest BCUT2D eigenvalue weighted by atomic mass is 19.1. The van der Waals surface area contributed by atoms with Gasteiger partial charge in [-0.2, -0.15) is 0 Å². The van der Waals surface area contributed by atoms with Crippen molar-refractivity contribution in [1.29, 1.82) is 0 Å². The van der Waals surface area contributed by atoms with Gasteiger partial charge in [0.1, 0.15) is 11.6 Å². The van der Waals surface area contributed by atoms with Gasteiger partial charge in [-0.05, 0) is 37.3 Å². The fourth-order valence-corrected chi connectivity index (χ4v) is 2.92.